The van der Waals surface area contributed by atoms with Gasteiger partial charge in [0.05, 0.1) is 10.6 Å². The average Bonchev–Trinajstić information content (AvgIpc) is 3.13. The first kappa shape index (κ1) is 18.8. The normalized spacial score (nSPS) is 11.3. The van der Waals surface area contributed by atoms with Gasteiger partial charge in [-0.1, -0.05) is 35.0 Å². The zero-order valence-corrected chi connectivity index (χ0v) is 15.3. The molecule has 0 aliphatic rings. The molecule has 1 amide bonds. The number of carbonyl (C=O) groups is 1. The van der Waals surface area contributed by atoms with Crippen molar-refractivity contribution < 1.29 is 22.1 Å². The summed E-state index contributed by atoms with van der Waals surface area (Å²) in [7, 11) is -3.62. The number of benzene rings is 2. The summed E-state index contributed by atoms with van der Waals surface area (Å²) in [5, 5.41) is 6.22. The molecule has 1 N–H and O–H groups in total. The zero-order valence-electron chi connectivity index (χ0n) is 14.5. The molecule has 0 bridgehead atoms. The fourth-order valence-corrected chi connectivity index (χ4v) is 3.54. The molecule has 0 radical (unpaired) electrons. The molecule has 0 unspecified atom stereocenters. The fraction of sp³-hybridized carbons (Fsp3) is 0.158. The molecule has 1 aromatic heterocycles. The van der Waals surface area contributed by atoms with Crippen LogP contribution in [0.25, 0.3) is 11.3 Å². The molecule has 27 heavy (non-hydrogen) atoms. The lowest BCUT2D eigenvalue weighted by Crippen LogP contribution is -2.29. The van der Waals surface area contributed by atoms with Crippen LogP contribution < -0.4 is 5.32 Å². The van der Waals surface area contributed by atoms with Crippen LogP contribution in [0.1, 0.15) is 16.1 Å². The number of nitrogens with one attached hydrogen (secondary N) is 1. The summed E-state index contributed by atoms with van der Waals surface area (Å²) in [5.41, 5.74) is 1.94. The molecule has 0 aliphatic carbocycles. The van der Waals surface area contributed by atoms with E-state index in [1.165, 1.54) is 18.2 Å². The van der Waals surface area contributed by atoms with Crippen molar-refractivity contribution in [2.24, 2.45) is 0 Å². The summed E-state index contributed by atoms with van der Waals surface area (Å²) < 4.78 is 42.4. The van der Waals surface area contributed by atoms with E-state index in [0.29, 0.717) is 5.76 Å². The number of nitrogens with zero attached hydrogens (tertiary/aromatic N) is 1. The van der Waals surface area contributed by atoms with Gasteiger partial charge in [0.25, 0.3) is 5.91 Å². The van der Waals surface area contributed by atoms with Gasteiger partial charge in [-0.05, 0) is 31.2 Å². The number of sulfone groups is 1. The highest BCUT2D eigenvalue weighted by molar-refractivity contribution is 7.91. The summed E-state index contributed by atoms with van der Waals surface area (Å²) >= 11 is 0. The van der Waals surface area contributed by atoms with E-state index in [1.54, 1.807) is 0 Å². The number of carbonyl (C=O) groups excluding carboxylic acids is 1. The highest BCUT2D eigenvalue weighted by Crippen LogP contribution is 2.20. The van der Waals surface area contributed by atoms with Gasteiger partial charge in [0, 0.05) is 18.2 Å². The summed E-state index contributed by atoms with van der Waals surface area (Å²) in [6, 6.07) is 13.6. The number of amides is 1. The van der Waals surface area contributed by atoms with Crippen molar-refractivity contribution in [2.75, 3.05) is 12.3 Å². The van der Waals surface area contributed by atoms with E-state index >= 15 is 0 Å². The van der Waals surface area contributed by atoms with Gasteiger partial charge in [-0.15, -0.1) is 0 Å². The van der Waals surface area contributed by atoms with Crippen molar-refractivity contribution in [3.8, 4) is 11.3 Å². The van der Waals surface area contributed by atoms with Crippen LogP contribution in [0.2, 0.25) is 0 Å². The summed E-state index contributed by atoms with van der Waals surface area (Å²) in [6.45, 7) is 1.86. The Labute approximate surface area is 155 Å². The monoisotopic (exact) mass is 388 g/mol. The van der Waals surface area contributed by atoms with Gasteiger partial charge in [0.1, 0.15) is 5.82 Å². The topological polar surface area (TPSA) is 89.3 Å². The first-order chi connectivity index (χ1) is 12.8. The molecule has 0 saturated carbocycles. The van der Waals surface area contributed by atoms with Gasteiger partial charge >= 0.3 is 0 Å². The number of hydrogen-bond donors (Lipinski definition) is 1. The SMILES string of the molecule is Cc1ccc(-c2cc(C(=O)NCCS(=O)(=O)c3ccc(F)cc3)no2)cc1. The van der Waals surface area contributed by atoms with Gasteiger partial charge in [-0.25, -0.2) is 12.8 Å². The Morgan fingerprint density at radius 3 is 2.44 bits per heavy atom. The van der Waals surface area contributed by atoms with E-state index in [2.05, 4.69) is 10.5 Å². The second kappa shape index (κ2) is 7.71. The van der Waals surface area contributed by atoms with Crippen LogP contribution >= 0.6 is 0 Å². The average molecular weight is 388 g/mol. The lowest BCUT2D eigenvalue weighted by molar-refractivity contribution is 0.0947. The maximum atomic E-state index is 12.9. The molecule has 8 heteroatoms. The van der Waals surface area contributed by atoms with Gasteiger partial charge in [-0.2, -0.15) is 0 Å². The van der Waals surface area contributed by atoms with Crippen LogP contribution in [-0.4, -0.2) is 31.8 Å². The van der Waals surface area contributed by atoms with Crippen molar-refractivity contribution in [3.63, 3.8) is 0 Å². The molecule has 2 aromatic carbocycles. The third-order valence-electron chi connectivity index (χ3n) is 3.91. The van der Waals surface area contributed by atoms with Crippen molar-refractivity contribution in [2.45, 2.75) is 11.8 Å². The van der Waals surface area contributed by atoms with Crippen LogP contribution in [0, 0.1) is 12.7 Å². The lowest BCUT2D eigenvalue weighted by Gasteiger charge is -2.05. The third-order valence-corrected chi connectivity index (χ3v) is 5.64. The molecule has 3 aromatic rings. The zero-order chi connectivity index (χ0) is 19.4. The van der Waals surface area contributed by atoms with Crippen molar-refractivity contribution in [1.29, 1.82) is 0 Å². The summed E-state index contributed by atoms with van der Waals surface area (Å²) in [4.78, 5) is 12.1. The van der Waals surface area contributed by atoms with Gasteiger partial charge < -0.3 is 9.84 Å². The maximum Gasteiger partial charge on any atom is 0.273 e. The Balaban J connectivity index is 1.60. The summed E-state index contributed by atoms with van der Waals surface area (Å²) in [6.07, 6.45) is 0. The molecule has 0 saturated heterocycles. The first-order valence-electron chi connectivity index (χ1n) is 8.15. The fourth-order valence-electron chi connectivity index (χ4n) is 2.39. The molecule has 140 valence electrons. The largest absolute Gasteiger partial charge is 0.355 e. The number of aryl methyl sites for hydroxylation is 1. The van der Waals surface area contributed by atoms with Crippen molar-refractivity contribution in [3.05, 3.63) is 71.7 Å². The maximum absolute atomic E-state index is 12.9. The Hall–Kier alpha value is -3.00. The molecule has 0 spiro atoms. The van der Waals surface area contributed by atoms with Gasteiger partial charge in [0.15, 0.2) is 21.3 Å². The Kier molecular flexibility index (Phi) is 5.36. The Morgan fingerprint density at radius 2 is 1.78 bits per heavy atom. The summed E-state index contributed by atoms with van der Waals surface area (Å²) in [5.74, 6) is -0.921. The smallest absolute Gasteiger partial charge is 0.273 e. The molecule has 1 heterocycles. The van der Waals surface area contributed by atoms with Crippen LogP contribution in [0.15, 0.2) is 64.0 Å². The second-order valence-corrected chi connectivity index (χ2v) is 8.08. The van der Waals surface area contributed by atoms with Gasteiger partial charge in [-0.3, -0.25) is 4.79 Å². The Morgan fingerprint density at radius 1 is 1.11 bits per heavy atom. The first-order valence-corrected chi connectivity index (χ1v) is 9.81. The van der Waals surface area contributed by atoms with Crippen LogP contribution in [0.4, 0.5) is 4.39 Å². The molecule has 3 rings (SSSR count). The van der Waals surface area contributed by atoms with E-state index in [-0.39, 0.29) is 22.9 Å². The predicted molar refractivity (Wildman–Crippen MR) is 97.5 cm³/mol. The molecule has 6 nitrogen and oxygen atoms in total. The minimum atomic E-state index is -3.62. The molecular weight excluding hydrogens is 371 g/mol. The van der Waals surface area contributed by atoms with E-state index in [4.69, 9.17) is 4.52 Å². The third kappa shape index (κ3) is 4.59. The molecular formula is C19H17FN2O4S. The highest BCUT2D eigenvalue weighted by atomic mass is 32.2. The number of aromatic nitrogens is 1. The molecule has 0 fully saturated rings. The number of halogens is 1. The molecule has 0 atom stereocenters. The van der Waals surface area contributed by atoms with Crippen molar-refractivity contribution >= 4 is 15.7 Å². The number of hydrogen-bond acceptors (Lipinski definition) is 5. The Bertz CT molecular complexity index is 1040. The van der Waals surface area contributed by atoms with Crippen LogP contribution in [0.3, 0.4) is 0 Å². The van der Waals surface area contributed by atoms with E-state index in [9.17, 15) is 17.6 Å². The van der Waals surface area contributed by atoms with E-state index < -0.39 is 21.6 Å². The molecule has 0 aliphatic heterocycles. The predicted octanol–water partition coefficient (Wildman–Crippen LogP) is 2.99. The number of rotatable bonds is 6. The minimum absolute atomic E-state index is 0.00115. The van der Waals surface area contributed by atoms with Crippen molar-refractivity contribution in [1.82, 2.24) is 10.5 Å². The van der Waals surface area contributed by atoms with E-state index in [0.717, 1.165) is 23.3 Å². The highest BCUT2D eigenvalue weighted by Gasteiger charge is 2.17. The standard InChI is InChI=1S/C19H17FN2O4S/c1-13-2-4-14(5-3-13)18-12-17(22-26-18)19(23)21-10-11-27(24,25)16-8-6-15(20)7-9-16/h2-9,12H,10-11H2,1H3,(H,21,23). The quantitative estimate of drug-likeness (QED) is 0.656. The van der Waals surface area contributed by atoms with Crippen LogP contribution in [0.5, 0.6) is 0 Å². The lowest BCUT2D eigenvalue weighted by atomic mass is 10.1. The second-order valence-electron chi connectivity index (χ2n) is 5.97. The van der Waals surface area contributed by atoms with Crippen LogP contribution in [-0.2, 0) is 9.84 Å². The van der Waals surface area contributed by atoms with Gasteiger partial charge in [0.2, 0.25) is 0 Å². The minimum Gasteiger partial charge on any atom is -0.355 e. The van der Waals surface area contributed by atoms with E-state index in [1.807, 2.05) is 31.2 Å².